The van der Waals surface area contributed by atoms with E-state index in [-0.39, 0.29) is 11.8 Å². The summed E-state index contributed by atoms with van der Waals surface area (Å²) >= 11 is 3.24. The lowest BCUT2D eigenvalue weighted by Gasteiger charge is -2.27. The topological polar surface area (TPSA) is 71.6 Å². The minimum atomic E-state index is -0.116. The fraction of sp³-hybridized carbons (Fsp3) is 0.526. The first kappa shape index (κ1) is 18.3. The molecule has 2 aromatic rings. The summed E-state index contributed by atoms with van der Waals surface area (Å²) in [5.41, 5.74) is 3.17. The lowest BCUT2D eigenvalue weighted by atomic mass is 10.0. The Bertz CT molecular complexity index is 866. The van der Waals surface area contributed by atoms with E-state index in [1.807, 2.05) is 16.6 Å². The quantitative estimate of drug-likeness (QED) is 0.740. The van der Waals surface area contributed by atoms with Crippen LogP contribution in [0.15, 0.2) is 21.2 Å². The number of aromatic nitrogens is 2. The van der Waals surface area contributed by atoms with Gasteiger partial charge in [0.05, 0.1) is 5.69 Å². The molecule has 1 fully saturated rings. The Morgan fingerprint density at radius 2 is 1.96 bits per heavy atom. The number of furan rings is 1. The molecule has 0 aromatic carbocycles. The summed E-state index contributed by atoms with van der Waals surface area (Å²) in [7, 11) is 1.94. The fourth-order valence-electron chi connectivity index (χ4n) is 3.98. The summed E-state index contributed by atoms with van der Waals surface area (Å²) in [6.45, 7) is 2.89. The number of fused-ring (bicyclic) bond motifs is 1. The molecule has 4 heterocycles. The van der Waals surface area contributed by atoms with Gasteiger partial charge in [-0.25, -0.2) is 0 Å². The molecule has 1 saturated heterocycles. The number of carbonyl (C=O) groups excluding carboxylic acids is 2. The maximum Gasteiger partial charge on any atom is 0.289 e. The molecular weight excluding hydrogens is 412 g/mol. The predicted octanol–water partition coefficient (Wildman–Crippen LogP) is 2.53. The third kappa shape index (κ3) is 3.67. The SMILES string of the molecule is Cn1nc(CCC(=O)N2CCCC2)c2c1CCN(C(=O)c1ccc(Br)o1)C2. The summed E-state index contributed by atoms with van der Waals surface area (Å²) in [5, 5.41) is 4.64. The minimum Gasteiger partial charge on any atom is -0.444 e. The zero-order chi connectivity index (χ0) is 19.0. The van der Waals surface area contributed by atoms with Gasteiger partial charge in [0, 0.05) is 63.7 Å². The van der Waals surface area contributed by atoms with Crippen molar-refractivity contribution in [2.45, 2.75) is 38.6 Å². The van der Waals surface area contributed by atoms with Gasteiger partial charge in [0.2, 0.25) is 5.91 Å². The van der Waals surface area contributed by atoms with Crippen molar-refractivity contribution in [1.29, 1.82) is 0 Å². The molecule has 27 heavy (non-hydrogen) atoms. The second kappa shape index (κ2) is 7.50. The average molecular weight is 435 g/mol. The van der Waals surface area contributed by atoms with Crippen LogP contribution >= 0.6 is 15.9 Å². The van der Waals surface area contributed by atoms with Gasteiger partial charge in [-0.2, -0.15) is 5.10 Å². The Morgan fingerprint density at radius 3 is 2.67 bits per heavy atom. The zero-order valence-corrected chi connectivity index (χ0v) is 17.0. The number of halogens is 1. The Morgan fingerprint density at radius 1 is 1.19 bits per heavy atom. The first-order valence-electron chi connectivity index (χ1n) is 9.39. The lowest BCUT2D eigenvalue weighted by molar-refractivity contribution is -0.130. The molecular formula is C19H23BrN4O3. The van der Waals surface area contributed by atoms with Crippen molar-refractivity contribution >= 4 is 27.7 Å². The third-order valence-electron chi connectivity index (χ3n) is 5.43. The predicted molar refractivity (Wildman–Crippen MR) is 102 cm³/mol. The number of hydrogen-bond acceptors (Lipinski definition) is 4. The van der Waals surface area contributed by atoms with E-state index in [4.69, 9.17) is 4.42 Å². The molecule has 0 bridgehead atoms. The van der Waals surface area contributed by atoms with Crippen LogP contribution in [0.1, 0.15) is 46.8 Å². The normalized spacial score (nSPS) is 16.7. The van der Waals surface area contributed by atoms with Gasteiger partial charge in [-0.3, -0.25) is 14.3 Å². The number of hydrogen-bond donors (Lipinski definition) is 0. The third-order valence-corrected chi connectivity index (χ3v) is 5.86. The second-order valence-corrected chi connectivity index (χ2v) is 7.95. The van der Waals surface area contributed by atoms with Gasteiger partial charge in [0.25, 0.3) is 5.91 Å². The summed E-state index contributed by atoms with van der Waals surface area (Å²) in [6.07, 6.45) is 4.05. The van der Waals surface area contributed by atoms with E-state index in [9.17, 15) is 9.59 Å². The van der Waals surface area contributed by atoms with Crippen LogP contribution in [0.25, 0.3) is 0 Å². The molecule has 0 unspecified atom stereocenters. The molecule has 2 amide bonds. The minimum absolute atomic E-state index is 0.116. The van der Waals surface area contributed by atoms with Gasteiger partial charge in [0.15, 0.2) is 10.4 Å². The van der Waals surface area contributed by atoms with Gasteiger partial charge in [-0.15, -0.1) is 0 Å². The Labute approximate surface area is 166 Å². The van der Waals surface area contributed by atoms with Crippen LogP contribution < -0.4 is 0 Å². The van der Waals surface area contributed by atoms with Crippen molar-refractivity contribution in [3.05, 3.63) is 39.5 Å². The van der Waals surface area contributed by atoms with Crippen molar-refractivity contribution in [2.75, 3.05) is 19.6 Å². The molecule has 8 heteroatoms. The van der Waals surface area contributed by atoms with Gasteiger partial charge in [-0.05, 0) is 40.9 Å². The Balaban J connectivity index is 1.47. The number of aryl methyl sites for hydroxylation is 2. The molecule has 2 aliphatic heterocycles. The monoisotopic (exact) mass is 434 g/mol. The van der Waals surface area contributed by atoms with Crippen molar-refractivity contribution in [3.63, 3.8) is 0 Å². The van der Waals surface area contributed by atoms with Gasteiger partial charge < -0.3 is 14.2 Å². The summed E-state index contributed by atoms with van der Waals surface area (Å²) in [5.74, 6) is 0.422. The molecule has 0 radical (unpaired) electrons. The number of rotatable bonds is 4. The van der Waals surface area contributed by atoms with E-state index in [2.05, 4.69) is 21.0 Å². The number of amides is 2. The summed E-state index contributed by atoms with van der Waals surface area (Å²) in [4.78, 5) is 28.8. The molecule has 4 rings (SSSR count). The fourth-order valence-corrected chi connectivity index (χ4v) is 4.29. The van der Waals surface area contributed by atoms with Crippen molar-refractivity contribution in [3.8, 4) is 0 Å². The van der Waals surface area contributed by atoms with Crippen LogP contribution in [-0.2, 0) is 31.2 Å². The Kier molecular flexibility index (Phi) is 5.08. The average Bonchev–Trinajstić information content (AvgIpc) is 3.40. The van der Waals surface area contributed by atoms with E-state index in [0.717, 1.165) is 49.3 Å². The van der Waals surface area contributed by atoms with Crippen LogP contribution in [0, 0.1) is 0 Å². The highest BCUT2D eigenvalue weighted by Gasteiger charge is 2.29. The number of likely N-dealkylation sites (tertiary alicyclic amines) is 1. The smallest absolute Gasteiger partial charge is 0.289 e. The van der Waals surface area contributed by atoms with Crippen LogP contribution in [0.5, 0.6) is 0 Å². The Hall–Kier alpha value is -2.09. The molecule has 2 aliphatic rings. The van der Waals surface area contributed by atoms with E-state index in [1.165, 1.54) is 0 Å². The molecule has 0 N–H and O–H groups in total. The lowest BCUT2D eigenvalue weighted by Crippen LogP contribution is -2.36. The van der Waals surface area contributed by atoms with Crippen LogP contribution in [-0.4, -0.2) is 51.0 Å². The highest BCUT2D eigenvalue weighted by molar-refractivity contribution is 9.10. The van der Waals surface area contributed by atoms with Gasteiger partial charge >= 0.3 is 0 Å². The molecule has 0 aliphatic carbocycles. The van der Waals surface area contributed by atoms with Crippen LogP contribution in [0.3, 0.4) is 0 Å². The van der Waals surface area contributed by atoms with Gasteiger partial charge in [-0.1, -0.05) is 0 Å². The van der Waals surface area contributed by atoms with E-state index >= 15 is 0 Å². The molecule has 7 nitrogen and oxygen atoms in total. The molecule has 0 spiro atoms. The van der Waals surface area contributed by atoms with E-state index in [0.29, 0.717) is 36.4 Å². The second-order valence-electron chi connectivity index (χ2n) is 7.16. The first-order valence-corrected chi connectivity index (χ1v) is 10.2. The van der Waals surface area contributed by atoms with Crippen molar-refractivity contribution in [1.82, 2.24) is 19.6 Å². The van der Waals surface area contributed by atoms with E-state index in [1.54, 1.807) is 17.0 Å². The largest absolute Gasteiger partial charge is 0.444 e. The number of nitrogens with zero attached hydrogens (tertiary/aromatic N) is 4. The number of carbonyl (C=O) groups is 2. The first-order chi connectivity index (χ1) is 13.0. The zero-order valence-electron chi connectivity index (χ0n) is 15.4. The highest BCUT2D eigenvalue weighted by atomic mass is 79.9. The van der Waals surface area contributed by atoms with Gasteiger partial charge in [0.1, 0.15) is 0 Å². The van der Waals surface area contributed by atoms with Crippen molar-refractivity contribution in [2.24, 2.45) is 7.05 Å². The van der Waals surface area contributed by atoms with Crippen LogP contribution in [0.4, 0.5) is 0 Å². The maximum atomic E-state index is 12.7. The summed E-state index contributed by atoms with van der Waals surface area (Å²) in [6, 6.07) is 3.41. The standard InChI is InChI=1S/C19H23BrN4O3/c1-22-15-8-11-24(19(26)16-5-6-17(20)27-16)12-13(15)14(21-22)4-7-18(25)23-9-2-3-10-23/h5-6H,2-4,7-12H2,1H3. The van der Waals surface area contributed by atoms with Crippen LogP contribution in [0.2, 0.25) is 0 Å². The van der Waals surface area contributed by atoms with E-state index < -0.39 is 0 Å². The molecule has 0 atom stereocenters. The molecule has 2 aromatic heterocycles. The van der Waals surface area contributed by atoms with Crippen molar-refractivity contribution < 1.29 is 14.0 Å². The molecule has 0 saturated carbocycles. The maximum absolute atomic E-state index is 12.7. The highest BCUT2D eigenvalue weighted by Crippen LogP contribution is 2.25. The summed E-state index contributed by atoms with van der Waals surface area (Å²) < 4.78 is 7.86. The molecule has 144 valence electrons.